The Bertz CT molecular complexity index is 823. The molecule has 7 nitrogen and oxygen atoms in total. The molecule has 2 heterocycles. The highest BCUT2D eigenvalue weighted by atomic mass is 16.3. The van der Waals surface area contributed by atoms with Crippen molar-refractivity contribution in [1.82, 2.24) is 15.2 Å². The fourth-order valence-electron chi connectivity index (χ4n) is 2.35. The molecule has 23 heavy (non-hydrogen) atoms. The second-order valence-electron chi connectivity index (χ2n) is 4.80. The molecule has 7 heteroatoms. The van der Waals surface area contributed by atoms with Crippen LogP contribution in [0.4, 0.5) is 11.5 Å². The maximum Gasteiger partial charge on any atom is 0.212 e. The molecule has 2 aromatic heterocycles. The van der Waals surface area contributed by atoms with Gasteiger partial charge in [-0.25, -0.2) is 0 Å². The van der Waals surface area contributed by atoms with E-state index in [0.29, 0.717) is 30.0 Å². The molecule has 0 unspecified atom stereocenters. The third-order valence-corrected chi connectivity index (χ3v) is 3.38. The average Bonchev–Trinajstić information content (AvgIpc) is 2.61. The molecule has 0 saturated heterocycles. The van der Waals surface area contributed by atoms with E-state index in [0.717, 1.165) is 16.5 Å². The van der Waals surface area contributed by atoms with Gasteiger partial charge in [-0.2, -0.15) is 0 Å². The second kappa shape index (κ2) is 6.80. The summed E-state index contributed by atoms with van der Waals surface area (Å²) in [5.41, 5.74) is 3.36. The number of hydrogen-bond donors (Lipinski definition) is 3. The molecule has 0 spiro atoms. The molecule has 116 valence electrons. The zero-order valence-corrected chi connectivity index (χ0v) is 12.2. The van der Waals surface area contributed by atoms with Crippen molar-refractivity contribution in [1.29, 1.82) is 0 Å². The molecule has 3 aromatic rings. The molecular formula is C16H15N5O2. The highest BCUT2D eigenvalue weighted by molar-refractivity contribution is 5.99. The van der Waals surface area contributed by atoms with Gasteiger partial charge in [0.25, 0.3) is 0 Å². The van der Waals surface area contributed by atoms with Crippen molar-refractivity contribution in [3.05, 3.63) is 42.7 Å². The highest BCUT2D eigenvalue weighted by Gasteiger charge is 2.11. The van der Waals surface area contributed by atoms with E-state index in [2.05, 4.69) is 25.8 Å². The van der Waals surface area contributed by atoms with E-state index in [1.54, 1.807) is 12.4 Å². The van der Waals surface area contributed by atoms with Crippen LogP contribution in [0.15, 0.2) is 42.7 Å². The van der Waals surface area contributed by atoms with Gasteiger partial charge >= 0.3 is 0 Å². The standard InChI is InChI=1S/C16H15N5O2/c22-8-7-18-15-13-2-1-12(11-3-5-17-6-4-11)9-14(13)20-21-16(15)19-10-23/h1-6,9-10,22H,7-8H2,(H,18,20)(H,19,21,23). The van der Waals surface area contributed by atoms with Crippen LogP contribution in [0.25, 0.3) is 22.0 Å². The number of hydrogen-bond acceptors (Lipinski definition) is 6. The highest BCUT2D eigenvalue weighted by Crippen LogP contribution is 2.30. The molecule has 0 radical (unpaired) electrons. The number of nitrogens with one attached hydrogen (secondary N) is 2. The zero-order valence-electron chi connectivity index (χ0n) is 12.2. The van der Waals surface area contributed by atoms with E-state index < -0.39 is 0 Å². The van der Waals surface area contributed by atoms with E-state index in [-0.39, 0.29) is 6.61 Å². The second-order valence-corrected chi connectivity index (χ2v) is 4.80. The zero-order chi connectivity index (χ0) is 16.1. The van der Waals surface area contributed by atoms with Crippen molar-refractivity contribution in [2.75, 3.05) is 23.8 Å². The average molecular weight is 309 g/mol. The van der Waals surface area contributed by atoms with E-state index in [9.17, 15) is 4.79 Å². The van der Waals surface area contributed by atoms with Crippen LogP contribution in [0.1, 0.15) is 0 Å². The minimum absolute atomic E-state index is 0.0283. The lowest BCUT2D eigenvalue weighted by Gasteiger charge is -2.12. The summed E-state index contributed by atoms with van der Waals surface area (Å²) in [7, 11) is 0. The summed E-state index contributed by atoms with van der Waals surface area (Å²) in [6, 6.07) is 9.64. The van der Waals surface area contributed by atoms with Crippen LogP contribution < -0.4 is 10.6 Å². The van der Waals surface area contributed by atoms with Gasteiger partial charge in [0.05, 0.1) is 17.8 Å². The van der Waals surface area contributed by atoms with E-state index >= 15 is 0 Å². The molecule has 0 aliphatic carbocycles. The van der Waals surface area contributed by atoms with Crippen molar-refractivity contribution >= 4 is 28.8 Å². The Balaban J connectivity index is 2.10. The minimum Gasteiger partial charge on any atom is -0.395 e. The Morgan fingerprint density at radius 2 is 1.91 bits per heavy atom. The molecule has 0 aliphatic rings. The maximum atomic E-state index is 10.7. The number of rotatable bonds is 6. The Kier molecular flexibility index (Phi) is 4.39. The van der Waals surface area contributed by atoms with Crippen LogP contribution >= 0.6 is 0 Å². The van der Waals surface area contributed by atoms with Gasteiger partial charge in [-0.15, -0.1) is 10.2 Å². The SMILES string of the molecule is O=CNc1nnc2cc(-c3ccncc3)ccc2c1NCCO. The topological polar surface area (TPSA) is 100 Å². The lowest BCUT2D eigenvalue weighted by atomic mass is 10.0. The number of nitrogens with zero attached hydrogens (tertiary/aromatic N) is 3. The Hall–Kier alpha value is -3.06. The fourth-order valence-corrected chi connectivity index (χ4v) is 2.35. The van der Waals surface area contributed by atoms with Gasteiger partial charge in [0, 0.05) is 24.3 Å². The maximum absolute atomic E-state index is 10.7. The Morgan fingerprint density at radius 1 is 1.09 bits per heavy atom. The summed E-state index contributed by atoms with van der Waals surface area (Å²) < 4.78 is 0. The lowest BCUT2D eigenvalue weighted by molar-refractivity contribution is -0.105. The van der Waals surface area contributed by atoms with Crippen molar-refractivity contribution in [2.24, 2.45) is 0 Å². The quantitative estimate of drug-likeness (QED) is 0.599. The summed E-state index contributed by atoms with van der Waals surface area (Å²) >= 11 is 0. The van der Waals surface area contributed by atoms with Gasteiger partial charge in [0.2, 0.25) is 6.41 Å². The predicted octanol–water partition coefficient (Wildman–Crippen LogP) is 1.66. The molecule has 0 bridgehead atoms. The fraction of sp³-hybridized carbons (Fsp3) is 0.125. The Morgan fingerprint density at radius 3 is 2.65 bits per heavy atom. The van der Waals surface area contributed by atoms with Gasteiger partial charge in [0.1, 0.15) is 0 Å². The van der Waals surface area contributed by atoms with Crippen molar-refractivity contribution < 1.29 is 9.90 Å². The van der Waals surface area contributed by atoms with Crippen LogP contribution in [-0.4, -0.2) is 39.8 Å². The van der Waals surface area contributed by atoms with Gasteiger partial charge in [0.15, 0.2) is 5.82 Å². The summed E-state index contributed by atoms with van der Waals surface area (Å²) in [5, 5.41) is 23.6. The van der Waals surface area contributed by atoms with Crippen molar-refractivity contribution in [3.63, 3.8) is 0 Å². The van der Waals surface area contributed by atoms with E-state index in [4.69, 9.17) is 5.11 Å². The van der Waals surface area contributed by atoms with Gasteiger partial charge in [-0.1, -0.05) is 6.07 Å². The summed E-state index contributed by atoms with van der Waals surface area (Å²) in [4.78, 5) is 14.7. The largest absolute Gasteiger partial charge is 0.395 e. The molecule has 1 amide bonds. The number of fused-ring (bicyclic) bond motifs is 1. The molecule has 0 atom stereocenters. The Labute approximate surface area is 132 Å². The number of benzene rings is 1. The smallest absolute Gasteiger partial charge is 0.212 e. The van der Waals surface area contributed by atoms with Crippen molar-refractivity contribution in [2.45, 2.75) is 0 Å². The number of aliphatic hydroxyl groups is 1. The van der Waals surface area contributed by atoms with Crippen molar-refractivity contribution in [3.8, 4) is 11.1 Å². The number of aliphatic hydroxyl groups excluding tert-OH is 1. The predicted molar refractivity (Wildman–Crippen MR) is 88.0 cm³/mol. The normalized spacial score (nSPS) is 10.5. The van der Waals surface area contributed by atoms with Crippen LogP contribution in [0.3, 0.4) is 0 Å². The van der Waals surface area contributed by atoms with E-state index in [1.165, 1.54) is 0 Å². The monoisotopic (exact) mass is 309 g/mol. The molecule has 0 aliphatic heterocycles. The van der Waals surface area contributed by atoms with Crippen LogP contribution in [-0.2, 0) is 4.79 Å². The minimum atomic E-state index is -0.0283. The molecule has 0 fully saturated rings. The molecule has 0 saturated carbocycles. The number of amides is 1. The van der Waals surface area contributed by atoms with Gasteiger partial charge in [-0.05, 0) is 35.4 Å². The first-order chi connectivity index (χ1) is 11.3. The van der Waals surface area contributed by atoms with Crippen LogP contribution in [0, 0.1) is 0 Å². The first-order valence-corrected chi connectivity index (χ1v) is 7.09. The number of carbonyl (C=O) groups is 1. The number of pyridine rings is 1. The molecule has 1 aromatic carbocycles. The van der Waals surface area contributed by atoms with E-state index in [1.807, 2.05) is 30.3 Å². The third-order valence-electron chi connectivity index (χ3n) is 3.38. The lowest BCUT2D eigenvalue weighted by Crippen LogP contribution is -2.10. The number of anilines is 2. The molecule has 3 rings (SSSR count). The van der Waals surface area contributed by atoms with Gasteiger partial charge < -0.3 is 15.7 Å². The number of carbonyl (C=O) groups excluding carboxylic acids is 1. The summed E-state index contributed by atoms with van der Waals surface area (Å²) in [5.74, 6) is 0.331. The van der Waals surface area contributed by atoms with Crippen LogP contribution in [0.2, 0.25) is 0 Å². The first-order valence-electron chi connectivity index (χ1n) is 7.09. The molecule has 3 N–H and O–H groups in total. The van der Waals surface area contributed by atoms with Gasteiger partial charge in [-0.3, -0.25) is 9.78 Å². The van der Waals surface area contributed by atoms with Crippen LogP contribution in [0.5, 0.6) is 0 Å². The molecular weight excluding hydrogens is 294 g/mol. The number of aromatic nitrogens is 3. The summed E-state index contributed by atoms with van der Waals surface area (Å²) in [6.07, 6.45) is 4.01. The summed E-state index contributed by atoms with van der Waals surface area (Å²) in [6.45, 7) is 0.319. The third kappa shape index (κ3) is 3.09. The first kappa shape index (κ1) is 14.9.